The first-order valence-corrected chi connectivity index (χ1v) is 7.16. The zero-order valence-corrected chi connectivity index (χ0v) is 12.3. The molecule has 0 bridgehead atoms. The van der Waals surface area contributed by atoms with Crippen LogP contribution in [0.4, 0.5) is 0 Å². The molecule has 1 fully saturated rings. The molecule has 1 saturated carbocycles. The number of rotatable bonds is 5. The number of aliphatic carboxylic acids is 1. The van der Waals surface area contributed by atoms with Crippen LogP contribution in [0.15, 0.2) is 24.3 Å². The summed E-state index contributed by atoms with van der Waals surface area (Å²) in [5, 5.41) is 21.1. The maximum atomic E-state index is 12.6. The molecule has 0 spiro atoms. The molecule has 1 aliphatic carbocycles. The molecule has 2 atom stereocenters. The summed E-state index contributed by atoms with van der Waals surface area (Å²) >= 11 is 0. The highest BCUT2D eigenvalue weighted by Gasteiger charge is 2.47. The van der Waals surface area contributed by atoms with Crippen LogP contribution < -0.4 is 5.32 Å². The number of carboxylic acids is 1. The van der Waals surface area contributed by atoms with Crippen molar-refractivity contribution in [3.05, 3.63) is 35.4 Å². The maximum Gasteiger partial charge on any atom is 0.328 e. The van der Waals surface area contributed by atoms with Gasteiger partial charge >= 0.3 is 5.97 Å². The lowest BCUT2D eigenvalue weighted by Crippen LogP contribution is -2.56. The quantitative estimate of drug-likeness (QED) is 0.764. The molecule has 0 aromatic heterocycles. The third-order valence-electron chi connectivity index (χ3n) is 4.25. The predicted molar refractivity (Wildman–Crippen MR) is 78.0 cm³/mol. The van der Waals surface area contributed by atoms with Crippen molar-refractivity contribution < 1.29 is 19.8 Å². The summed E-state index contributed by atoms with van der Waals surface area (Å²) in [6.07, 6.45) is 1.21. The molecule has 1 aliphatic rings. The van der Waals surface area contributed by atoms with Crippen molar-refractivity contribution in [1.82, 2.24) is 5.32 Å². The second-order valence-corrected chi connectivity index (χ2v) is 5.84. The van der Waals surface area contributed by atoms with E-state index in [2.05, 4.69) is 5.32 Å². The van der Waals surface area contributed by atoms with E-state index in [0.29, 0.717) is 12.8 Å². The van der Waals surface area contributed by atoms with Crippen LogP contribution in [-0.2, 0) is 15.0 Å². The van der Waals surface area contributed by atoms with Crippen LogP contribution in [0.2, 0.25) is 0 Å². The minimum Gasteiger partial charge on any atom is -0.480 e. The van der Waals surface area contributed by atoms with Gasteiger partial charge in [0.25, 0.3) is 0 Å². The Morgan fingerprint density at radius 1 is 1.33 bits per heavy atom. The smallest absolute Gasteiger partial charge is 0.328 e. The fourth-order valence-electron chi connectivity index (χ4n) is 2.79. The third kappa shape index (κ3) is 2.93. The Morgan fingerprint density at radius 2 is 2.00 bits per heavy atom. The average molecular weight is 291 g/mol. The molecule has 5 heteroatoms. The highest BCUT2D eigenvalue weighted by molar-refractivity contribution is 5.92. The Balaban J connectivity index is 2.24. The number of aliphatic hydroxyl groups is 1. The van der Waals surface area contributed by atoms with Gasteiger partial charge in [-0.15, -0.1) is 0 Å². The summed E-state index contributed by atoms with van der Waals surface area (Å²) in [5.74, 6) is -1.54. The first-order chi connectivity index (χ1) is 9.86. The summed E-state index contributed by atoms with van der Waals surface area (Å²) in [6, 6.07) is 6.46. The first kappa shape index (κ1) is 15.5. The van der Waals surface area contributed by atoms with Crippen molar-refractivity contribution >= 4 is 11.9 Å². The molecule has 0 radical (unpaired) electrons. The Morgan fingerprint density at radius 3 is 2.43 bits per heavy atom. The first-order valence-electron chi connectivity index (χ1n) is 7.16. The Kier molecular flexibility index (Phi) is 4.32. The lowest BCUT2D eigenvalue weighted by molar-refractivity contribution is -0.146. The molecular formula is C16H21NO4. The van der Waals surface area contributed by atoms with Gasteiger partial charge in [-0.3, -0.25) is 4.79 Å². The van der Waals surface area contributed by atoms with Gasteiger partial charge in [-0.2, -0.15) is 0 Å². The second-order valence-electron chi connectivity index (χ2n) is 5.84. The zero-order chi connectivity index (χ0) is 15.6. The highest BCUT2D eigenvalue weighted by Crippen LogP contribution is 2.44. The number of aryl methyl sites for hydroxylation is 1. The number of carbonyl (C=O) groups excluding carboxylic acids is 1. The summed E-state index contributed by atoms with van der Waals surface area (Å²) in [6.45, 7) is 3.32. The molecule has 2 unspecified atom stereocenters. The van der Waals surface area contributed by atoms with E-state index in [-0.39, 0.29) is 5.91 Å². The molecule has 114 valence electrons. The number of aliphatic hydroxyl groups excluding tert-OH is 1. The van der Waals surface area contributed by atoms with Gasteiger partial charge in [0, 0.05) is 0 Å². The van der Waals surface area contributed by atoms with E-state index >= 15 is 0 Å². The predicted octanol–water partition coefficient (Wildman–Crippen LogP) is 1.37. The Bertz CT molecular complexity index is 549. The summed E-state index contributed by atoms with van der Waals surface area (Å²) in [4.78, 5) is 23.7. The lowest BCUT2D eigenvalue weighted by atomic mass is 9.63. The maximum absolute atomic E-state index is 12.6. The van der Waals surface area contributed by atoms with Gasteiger partial charge in [-0.05, 0) is 32.3 Å². The number of benzene rings is 1. The molecule has 1 amide bonds. The Hall–Kier alpha value is -1.88. The van der Waals surface area contributed by atoms with Crippen molar-refractivity contribution in [2.24, 2.45) is 0 Å². The van der Waals surface area contributed by atoms with Gasteiger partial charge in [0.05, 0.1) is 11.5 Å². The van der Waals surface area contributed by atoms with E-state index in [1.54, 1.807) is 0 Å². The van der Waals surface area contributed by atoms with Gasteiger partial charge in [-0.25, -0.2) is 4.79 Å². The number of nitrogens with one attached hydrogen (secondary N) is 1. The minimum atomic E-state index is -1.28. The van der Waals surface area contributed by atoms with Crippen molar-refractivity contribution in [1.29, 1.82) is 0 Å². The van der Waals surface area contributed by atoms with Crippen LogP contribution in [0.1, 0.15) is 37.3 Å². The molecule has 3 N–H and O–H groups in total. The van der Waals surface area contributed by atoms with E-state index in [0.717, 1.165) is 17.5 Å². The molecular weight excluding hydrogens is 270 g/mol. The topological polar surface area (TPSA) is 86.6 Å². The number of amides is 1. The van der Waals surface area contributed by atoms with Crippen molar-refractivity contribution in [3.8, 4) is 0 Å². The van der Waals surface area contributed by atoms with Crippen molar-refractivity contribution in [2.75, 3.05) is 0 Å². The molecule has 2 rings (SSSR count). The zero-order valence-electron chi connectivity index (χ0n) is 12.3. The largest absolute Gasteiger partial charge is 0.480 e. The molecule has 5 nitrogen and oxygen atoms in total. The standard InChI is InChI=1S/C16H21NO4/c1-10-5-3-6-12(9-10)16(7-4-8-16)15(21)17-13(11(2)18)14(19)20/h3,5-6,9,11,13,18H,4,7-8H2,1-2H3,(H,17,21)(H,19,20). The van der Waals surface area contributed by atoms with Gasteiger partial charge in [0.15, 0.2) is 6.04 Å². The van der Waals surface area contributed by atoms with Gasteiger partial charge in [0.2, 0.25) is 5.91 Å². The fraction of sp³-hybridized carbons (Fsp3) is 0.500. The van der Waals surface area contributed by atoms with E-state index in [1.807, 2.05) is 31.2 Å². The van der Waals surface area contributed by atoms with E-state index in [1.165, 1.54) is 6.92 Å². The summed E-state index contributed by atoms with van der Waals surface area (Å²) in [5.41, 5.74) is 1.33. The van der Waals surface area contributed by atoms with Gasteiger partial charge in [0.1, 0.15) is 0 Å². The van der Waals surface area contributed by atoms with Crippen molar-refractivity contribution in [3.63, 3.8) is 0 Å². The van der Waals surface area contributed by atoms with Crippen LogP contribution in [0.5, 0.6) is 0 Å². The van der Waals surface area contributed by atoms with Crippen LogP contribution in [-0.4, -0.2) is 34.2 Å². The van der Waals surface area contributed by atoms with Crippen LogP contribution in [0.3, 0.4) is 0 Å². The SMILES string of the molecule is Cc1cccc(C2(C(=O)NC(C(=O)O)C(C)O)CCC2)c1. The monoisotopic (exact) mass is 291 g/mol. The molecule has 0 heterocycles. The van der Waals surface area contributed by atoms with E-state index in [9.17, 15) is 14.7 Å². The normalized spacial score (nSPS) is 19.2. The molecule has 21 heavy (non-hydrogen) atoms. The molecule has 1 aromatic carbocycles. The summed E-state index contributed by atoms with van der Waals surface area (Å²) in [7, 11) is 0. The van der Waals surface area contributed by atoms with Crippen molar-refractivity contribution in [2.45, 2.75) is 50.7 Å². The van der Waals surface area contributed by atoms with Gasteiger partial charge in [-0.1, -0.05) is 36.2 Å². The van der Waals surface area contributed by atoms with E-state index in [4.69, 9.17) is 5.11 Å². The summed E-state index contributed by atoms with van der Waals surface area (Å²) < 4.78 is 0. The molecule has 1 aromatic rings. The lowest BCUT2D eigenvalue weighted by Gasteiger charge is -2.41. The number of hydrogen-bond donors (Lipinski definition) is 3. The molecule has 0 aliphatic heterocycles. The molecule has 0 saturated heterocycles. The van der Waals surface area contributed by atoms with Gasteiger partial charge < -0.3 is 15.5 Å². The average Bonchev–Trinajstić information content (AvgIpc) is 2.34. The number of carboxylic acid groups (broad SMARTS) is 1. The third-order valence-corrected chi connectivity index (χ3v) is 4.25. The highest BCUT2D eigenvalue weighted by atomic mass is 16.4. The Labute approximate surface area is 124 Å². The second kappa shape index (κ2) is 5.85. The van der Waals surface area contributed by atoms with Crippen LogP contribution >= 0.6 is 0 Å². The number of carbonyl (C=O) groups is 2. The fourth-order valence-corrected chi connectivity index (χ4v) is 2.79. The van der Waals surface area contributed by atoms with Crippen LogP contribution in [0, 0.1) is 6.92 Å². The number of hydrogen-bond acceptors (Lipinski definition) is 3. The van der Waals surface area contributed by atoms with Crippen LogP contribution in [0.25, 0.3) is 0 Å². The van der Waals surface area contributed by atoms with E-state index < -0.39 is 23.5 Å². The minimum absolute atomic E-state index is 0.312.